The quantitative estimate of drug-likeness (QED) is 0.861. The minimum Gasteiger partial charge on any atom is -0.393 e. The van der Waals surface area contributed by atoms with Gasteiger partial charge in [0.1, 0.15) is 0 Å². The summed E-state index contributed by atoms with van der Waals surface area (Å²) in [4.78, 5) is 0.216. The minimum absolute atomic E-state index is 0.216. The van der Waals surface area contributed by atoms with Crippen LogP contribution in [-0.4, -0.2) is 36.1 Å². The molecule has 0 aliphatic carbocycles. The van der Waals surface area contributed by atoms with Crippen LogP contribution >= 0.6 is 0 Å². The standard InChI is InChI=1S/C14H22O4S/c1-10-5-7-12(8-6-10)19(17,18)9-13(11(2)15)14(3,4)16/h5-8,11,13,15-16H,9H2,1-4H3/t11-,13-/m0/s1. The summed E-state index contributed by atoms with van der Waals surface area (Å²) in [5, 5.41) is 19.7. The average Bonchev–Trinajstić information content (AvgIpc) is 2.24. The summed E-state index contributed by atoms with van der Waals surface area (Å²) >= 11 is 0. The molecule has 0 unspecified atom stereocenters. The van der Waals surface area contributed by atoms with Gasteiger partial charge in [0.05, 0.1) is 22.4 Å². The lowest BCUT2D eigenvalue weighted by Crippen LogP contribution is -2.42. The van der Waals surface area contributed by atoms with Crippen molar-refractivity contribution >= 4 is 9.84 Å². The van der Waals surface area contributed by atoms with Crippen molar-refractivity contribution in [1.29, 1.82) is 0 Å². The molecule has 0 amide bonds. The zero-order chi connectivity index (χ0) is 14.8. The average molecular weight is 286 g/mol. The van der Waals surface area contributed by atoms with E-state index in [1.54, 1.807) is 24.3 Å². The summed E-state index contributed by atoms with van der Waals surface area (Å²) in [6, 6.07) is 6.56. The molecular formula is C14H22O4S. The van der Waals surface area contributed by atoms with Crippen LogP contribution in [-0.2, 0) is 9.84 Å². The van der Waals surface area contributed by atoms with Crippen molar-refractivity contribution in [3.63, 3.8) is 0 Å². The molecule has 0 heterocycles. The van der Waals surface area contributed by atoms with E-state index >= 15 is 0 Å². The fourth-order valence-corrected chi connectivity index (χ4v) is 3.91. The Hall–Kier alpha value is -0.910. The van der Waals surface area contributed by atoms with Crippen molar-refractivity contribution in [2.45, 2.75) is 44.3 Å². The molecule has 1 rings (SSSR count). The molecule has 5 heteroatoms. The second-order valence-electron chi connectivity index (χ2n) is 5.60. The summed E-state index contributed by atoms with van der Waals surface area (Å²) in [7, 11) is -3.52. The molecule has 0 aliphatic heterocycles. The Bertz CT molecular complexity index is 509. The molecule has 0 spiro atoms. The molecule has 0 saturated heterocycles. The lowest BCUT2D eigenvalue weighted by molar-refractivity contribution is -0.0294. The summed E-state index contributed by atoms with van der Waals surface area (Å²) in [6.45, 7) is 6.39. The van der Waals surface area contributed by atoms with E-state index in [2.05, 4.69) is 0 Å². The smallest absolute Gasteiger partial charge is 0.178 e. The van der Waals surface area contributed by atoms with Crippen LogP contribution < -0.4 is 0 Å². The predicted octanol–water partition coefficient (Wildman–Crippen LogP) is 1.54. The molecule has 0 aromatic heterocycles. The van der Waals surface area contributed by atoms with Gasteiger partial charge in [-0.05, 0) is 39.8 Å². The number of hydrogen-bond donors (Lipinski definition) is 2. The maximum absolute atomic E-state index is 12.3. The van der Waals surface area contributed by atoms with Crippen molar-refractivity contribution in [3.05, 3.63) is 29.8 Å². The third-order valence-electron chi connectivity index (χ3n) is 3.27. The van der Waals surface area contributed by atoms with E-state index in [-0.39, 0.29) is 10.6 Å². The van der Waals surface area contributed by atoms with Crippen LogP contribution in [0.1, 0.15) is 26.3 Å². The maximum atomic E-state index is 12.3. The van der Waals surface area contributed by atoms with E-state index in [1.807, 2.05) is 6.92 Å². The van der Waals surface area contributed by atoms with E-state index in [9.17, 15) is 18.6 Å². The van der Waals surface area contributed by atoms with Gasteiger partial charge in [-0.15, -0.1) is 0 Å². The normalized spacial score (nSPS) is 16.1. The van der Waals surface area contributed by atoms with Crippen molar-refractivity contribution < 1.29 is 18.6 Å². The highest BCUT2D eigenvalue weighted by Gasteiger charge is 2.35. The minimum atomic E-state index is -3.52. The Morgan fingerprint density at radius 2 is 1.68 bits per heavy atom. The Morgan fingerprint density at radius 3 is 2.05 bits per heavy atom. The monoisotopic (exact) mass is 286 g/mol. The molecular weight excluding hydrogens is 264 g/mol. The van der Waals surface area contributed by atoms with Crippen LogP contribution in [0.5, 0.6) is 0 Å². The highest BCUT2D eigenvalue weighted by atomic mass is 32.2. The molecule has 4 nitrogen and oxygen atoms in total. The van der Waals surface area contributed by atoms with Crippen molar-refractivity contribution in [1.82, 2.24) is 0 Å². The third kappa shape index (κ3) is 4.30. The molecule has 2 atom stereocenters. The van der Waals surface area contributed by atoms with Gasteiger partial charge >= 0.3 is 0 Å². The van der Waals surface area contributed by atoms with E-state index < -0.39 is 27.5 Å². The molecule has 0 aliphatic rings. The maximum Gasteiger partial charge on any atom is 0.178 e. The van der Waals surface area contributed by atoms with E-state index in [1.165, 1.54) is 20.8 Å². The Labute approximate surface area is 115 Å². The molecule has 1 aromatic rings. The number of aliphatic hydroxyl groups is 2. The summed E-state index contributed by atoms with van der Waals surface area (Å²) in [5.41, 5.74) is -0.278. The van der Waals surface area contributed by atoms with Gasteiger partial charge in [0.15, 0.2) is 9.84 Å². The fourth-order valence-electron chi connectivity index (χ4n) is 2.01. The zero-order valence-corrected chi connectivity index (χ0v) is 12.6. The van der Waals surface area contributed by atoms with Crippen LogP contribution in [0.3, 0.4) is 0 Å². The predicted molar refractivity (Wildman–Crippen MR) is 74.7 cm³/mol. The van der Waals surface area contributed by atoms with Gasteiger partial charge in [0.2, 0.25) is 0 Å². The first-order valence-electron chi connectivity index (χ1n) is 6.24. The van der Waals surface area contributed by atoms with Gasteiger partial charge in [0.25, 0.3) is 0 Å². The Balaban J connectivity index is 3.04. The molecule has 2 N–H and O–H groups in total. The largest absolute Gasteiger partial charge is 0.393 e. The highest BCUT2D eigenvalue weighted by Crippen LogP contribution is 2.25. The first-order chi connectivity index (χ1) is 8.54. The van der Waals surface area contributed by atoms with Gasteiger partial charge in [-0.25, -0.2) is 8.42 Å². The fraction of sp³-hybridized carbons (Fsp3) is 0.571. The summed E-state index contributed by atoms with van der Waals surface area (Å²) in [6.07, 6.45) is -0.903. The summed E-state index contributed by atoms with van der Waals surface area (Å²) in [5.74, 6) is -1.02. The number of rotatable bonds is 5. The second-order valence-corrected chi connectivity index (χ2v) is 7.63. The van der Waals surface area contributed by atoms with Crippen molar-refractivity contribution in [3.8, 4) is 0 Å². The van der Waals surface area contributed by atoms with Crippen molar-refractivity contribution in [2.24, 2.45) is 5.92 Å². The van der Waals surface area contributed by atoms with Crippen LogP contribution in [0, 0.1) is 12.8 Å². The SMILES string of the molecule is Cc1ccc(S(=O)(=O)C[C@@H]([C@H](C)O)C(C)(C)O)cc1. The molecule has 0 fully saturated rings. The van der Waals surface area contributed by atoms with Crippen LogP contribution in [0.4, 0.5) is 0 Å². The Morgan fingerprint density at radius 1 is 1.21 bits per heavy atom. The van der Waals surface area contributed by atoms with Gasteiger partial charge in [0, 0.05) is 5.92 Å². The molecule has 19 heavy (non-hydrogen) atoms. The van der Waals surface area contributed by atoms with Gasteiger partial charge in [-0.3, -0.25) is 0 Å². The van der Waals surface area contributed by atoms with Crippen LogP contribution in [0.25, 0.3) is 0 Å². The molecule has 0 saturated carbocycles. The number of aliphatic hydroxyl groups excluding tert-OH is 1. The molecule has 0 radical (unpaired) electrons. The lowest BCUT2D eigenvalue weighted by atomic mass is 9.88. The van der Waals surface area contributed by atoms with Crippen LogP contribution in [0.2, 0.25) is 0 Å². The van der Waals surface area contributed by atoms with E-state index in [0.717, 1.165) is 5.56 Å². The first kappa shape index (κ1) is 16.1. The van der Waals surface area contributed by atoms with Crippen LogP contribution in [0.15, 0.2) is 29.2 Å². The number of sulfone groups is 1. The third-order valence-corrected chi connectivity index (χ3v) is 5.06. The van der Waals surface area contributed by atoms with Gasteiger partial charge in [-0.1, -0.05) is 17.7 Å². The van der Waals surface area contributed by atoms with Gasteiger partial charge in [-0.2, -0.15) is 0 Å². The molecule has 108 valence electrons. The number of benzene rings is 1. The number of aryl methyl sites for hydroxylation is 1. The van der Waals surface area contributed by atoms with Crippen molar-refractivity contribution in [2.75, 3.05) is 5.75 Å². The first-order valence-corrected chi connectivity index (χ1v) is 7.89. The second kappa shape index (κ2) is 5.61. The topological polar surface area (TPSA) is 74.6 Å². The van der Waals surface area contributed by atoms with E-state index in [4.69, 9.17) is 0 Å². The lowest BCUT2D eigenvalue weighted by Gasteiger charge is -2.31. The number of hydrogen-bond acceptors (Lipinski definition) is 4. The van der Waals surface area contributed by atoms with Gasteiger partial charge < -0.3 is 10.2 Å². The highest BCUT2D eigenvalue weighted by molar-refractivity contribution is 7.91. The van der Waals surface area contributed by atoms with E-state index in [0.29, 0.717) is 0 Å². The Kier molecular flexibility index (Phi) is 4.76. The summed E-state index contributed by atoms with van der Waals surface area (Å²) < 4.78 is 24.6. The molecule has 0 bridgehead atoms. The molecule has 1 aromatic carbocycles. The zero-order valence-electron chi connectivity index (χ0n) is 11.8.